The van der Waals surface area contributed by atoms with Crippen LogP contribution in [0.1, 0.15) is 12.0 Å². The zero-order valence-corrected chi connectivity index (χ0v) is 18.6. The molecule has 31 heavy (non-hydrogen) atoms. The number of sulfonamides is 1. The Morgan fingerprint density at radius 2 is 1.90 bits per heavy atom. The van der Waals surface area contributed by atoms with Crippen LogP contribution in [-0.2, 0) is 30.8 Å². The number of rotatable bonds is 8. The standard InChI is InChI=1S/C21H22ClN3O5S/c1-25(2)31(28,29)19-11-15(8-9-17(19)22)24-20(26)13-30-21(27)10-7-14-12-23-18-6-4-3-5-16(14)18/h3-6,8-9,11-12,23H,7,10,13H2,1-2H3,(H,24,26). The van der Waals surface area contributed by atoms with Gasteiger partial charge in [-0.05, 0) is 36.2 Å². The van der Waals surface area contributed by atoms with Crippen LogP contribution in [-0.4, -0.2) is 50.3 Å². The van der Waals surface area contributed by atoms with E-state index in [0.717, 1.165) is 20.8 Å². The third kappa shape index (κ3) is 5.43. The van der Waals surface area contributed by atoms with Crippen molar-refractivity contribution in [2.45, 2.75) is 17.7 Å². The quantitative estimate of drug-likeness (QED) is 0.499. The van der Waals surface area contributed by atoms with Crippen LogP contribution in [0.2, 0.25) is 5.02 Å². The van der Waals surface area contributed by atoms with Gasteiger partial charge in [0, 0.05) is 43.3 Å². The van der Waals surface area contributed by atoms with Crippen LogP contribution < -0.4 is 5.32 Å². The number of carbonyl (C=O) groups is 2. The van der Waals surface area contributed by atoms with Gasteiger partial charge in [0.1, 0.15) is 4.90 Å². The minimum atomic E-state index is -3.77. The number of benzene rings is 2. The van der Waals surface area contributed by atoms with Crippen molar-refractivity contribution in [1.29, 1.82) is 0 Å². The molecule has 0 unspecified atom stereocenters. The van der Waals surface area contributed by atoms with Crippen molar-refractivity contribution in [3.05, 3.63) is 59.2 Å². The second-order valence-electron chi connectivity index (χ2n) is 7.00. The van der Waals surface area contributed by atoms with Crippen LogP contribution >= 0.6 is 11.6 Å². The molecule has 0 radical (unpaired) electrons. The van der Waals surface area contributed by atoms with Gasteiger partial charge in [0.15, 0.2) is 6.61 Å². The molecule has 3 rings (SSSR count). The summed E-state index contributed by atoms with van der Waals surface area (Å²) in [6.07, 6.45) is 2.46. The minimum absolute atomic E-state index is 0.0374. The predicted molar refractivity (Wildman–Crippen MR) is 119 cm³/mol. The Morgan fingerprint density at radius 3 is 2.65 bits per heavy atom. The average Bonchev–Trinajstić information content (AvgIpc) is 3.15. The van der Waals surface area contributed by atoms with Crippen LogP contribution in [0.3, 0.4) is 0 Å². The van der Waals surface area contributed by atoms with Crippen molar-refractivity contribution in [2.24, 2.45) is 0 Å². The Kier molecular flexibility index (Phi) is 6.99. The summed E-state index contributed by atoms with van der Waals surface area (Å²) in [4.78, 5) is 27.2. The smallest absolute Gasteiger partial charge is 0.306 e. The third-order valence-electron chi connectivity index (χ3n) is 4.61. The highest BCUT2D eigenvalue weighted by atomic mass is 35.5. The molecule has 0 spiro atoms. The molecule has 0 aliphatic carbocycles. The van der Waals surface area contributed by atoms with Crippen LogP contribution in [0, 0.1) is 0 Å². The highest BCUT2D eigenvalue weighted by Gasteiger charge is 2.21. The van der Waals surface area contributed by atoms with E-state index in [2.05, 4.69) is 10.3 Å². The first kappa shape index (κ1) is 22.8. The normalized spacial score (nSPS) is 11.6. The Morgan fingerprint density at radius 1 is 1.16 bits per heavy atom. The van der Waals surface area contributed by atoms with Gasteiger partial charge >= 0.3 is 5.97 Å². The van der Waals surface area contributed by atoms with Crippen molar-refractivity contribution < 1.29 is 22.7 Å². The van der Waals surface area contributed by atoms with E-state index in [4.69, 9.17) is 16.3 Å². The van der Waals surface area contributed by atoms with Gasteiger partial charge in [-0.1, -0.05) is 29.8 Å². The number of fused-ring (bicyclic) bond motifs is 1. The molecule has 164 valence electrons. The number of carbonyl (C=O) groups excluding carboxylic acids is 2. The largest absolute Gasteiger partial charge is 0.456 e. The lowest BCUT2D eigenvalue weighted by atomic mass is 10.1. The van der Waals surface area contributed by atoms with E-state index in [9.17, 15) is 18.0 Å². The van der Waals surface area contributed by atoms with E-state index in [1.54, 1.807) is 0 Å². The van der Waals surface area contributed by atoms with E-state index in [-0.39, 0.29) is 22.0 Å². The fraction of sp³-hybridized carbons (Fsp3) is 0.238. The number of hydrogen-bond acceptors (Lipinski definition) is 5. The second kappa shape index (κ2) is 9.51. The lowest BCUT2D eigenvalue weighted by Crippen LogP contribution is -2.23. The maximum absolute atomic E-state index is 12.3. The fourth-order valence-electron chi connectivity index (χ4n) is 2.97. The number of H-pyrrole nitrogens is 1. The van der Waals surface area contributed by atoms with Crippen LogP contribution in [0.4, 0.5) is 5.69 Å². The summed E-state index contributed by atoms with van der Waals surface area (Å²) in [6.45, 7) is -0.481. The van der Waals surface area contributed by atoms with Gasteiger partial charge in [-0.2, -0.15) is 0 Å². The summed E-state index contributed by atoms with van der Waals surface area (Å²) in [6, 6.07) is 11.9. The molecule has 0 saturated heterocycles. The van der Waals surface area contributed by atoms with E-state index in [1.165, 1.54) is 32.3 Å². The Labute approximate surface area is 185 Å². The summed E-state index contributed by atoms with van der Waals surface area (Å²) in [5, 5.41) is 3.59. The lowest BCUT2D eigenvalue weighted by molar-refractivity contribution is -0.147. The van der Waals surface area contributed by atoms with Gasteiger partial charge in [0.25, 0.3) is 5.91 Å². The molecule has 1 amide bonds. The van der Waals surface area contributed by atoms with E-state index >= 15 is 0 Å². The van der Waals surface area contributed by atoms with Crippen LogP contribution in [0.25, 0.3) is 10.9 Å². The molecule has 0 aliphatic heterocycles. The first-order chi connectivity index (χ1) is 14.7. The highest BCUT2D eigenvalue weighted by molar-refractivity contribution is 7.89. The lowest BCUT2D eigenvalue weighted by Gasteiger charge is -2.14. The third-order valence-corrected chi connectivity index (χ3v) is 6.91. The zero-order valence-electron chi connectivity index (χ0n) is 17.0. The minimum Gasteiger partial charge on any atom is -0.456 e. The number of esters is 1. The Balaban J connectivity index is 1.53. The van der Waals surface area contributed by atoms with Crippen molar-refractivity contribution >= 4 is 50.1 Å². The topological polar surface area (TPSA) is 109 Å². The van der Waals surface area contributed by atoms with Gasteiger partial charge in [-0.25, -0.2) is 12.7 Å². The molecule has 0 saturated carbocycles. The molecule has 10 heteroatoms. The summed E-state index contributed by atoms with van der Waals surface area (Å²) in [7, 11) is -1.01. The molecule has 0 fully saturated rings. The number of para-hydroxylation sites is 1. The zero-order chi connectivity index (χ0) is 22.6. The summed E-state index contributed by atoms with van der Waals surface area (Å²) in [5.41, 5.74) is 2.21. The van der Waals surface area contributed by atoms with Crippen molar-refractivity contribution in [3.63, 3.8) is 0 Å². The molecular formula is C21H22ClN3O5S. The van der Waals surface area contributed by atoms with Crippen molar-refractivity contribution in [1.82, 2.24) is 9.29 Å². The van der Waals surface area contributed by atoms with E-state index in [0.29, 0.717) is 6.42 Å². The van der Waals surface area contributed by atoms with Crippen molar-refractivity contribution in [2.75, 3.05) is 26.0 Å². The maximum atomic E-state index is 12.3. The fourth-order valence-corrected chi connectivity index (χ4v) is 4.36. The van der Waals surface area contributed by atoms with Gasteiger partial charge < -0.3 is 15.0 Å². The molecule has 8 nitrogen and oxygen atoms in total. The highest BCUT2D eigenvalue weighted by Crippen LogP contribution is 2.26. The summed E-state index contributed by atoms with van der Waals surface area (Å²) in [5.74, 6) is -1.09. The number of aromatic nitrogens is 1. The number of anilines is 1. The SMILES string of the molecule is CN(C)S(=O)(=O)c1cc(NC(=O)COC(=O)CCc2c[nH]c3ccccc23)ccc1Cl. The number of aryl methyl sites for hydroxylation is 1. The Hall–Kier alpha value is -2.88. The molecule has 3 aromatic rings. The first-order valence-corrected chi connectivity index (χ1v) is 11.2. The van der Waals surface area contributed by atoms with Crippen molar-refractivity contribution in [3.8, 4) is 0 Å². The monoisotopic (exact) mass is 463 g/mol. The van der Waals surface area contributed by atoms with Crippen LogP contribution in [0.5, 0.6) is 0 Å². The number of nitrogens with zero attached hydrogens (tertiary/aromatic N) is 1. The molecule has 2 N–H and O–H groups in total. The second-order valence-corrected chi connectivity index (χ2v) is 9.53. The molecule has 0 aliphatic rings. The van der Waals surface area contributed by atoms with Gasteiger partial charge in [0.05, 0.1) is 5.02 Å². The molecule has 1 heterocycles. The number of ether oxygens (including phenoxy) is 1. The van der Waals surface area contributed by atoms with Gasteiger partial charge in [-0.15, -0.1) is 0 Å². The number of nitrogens with one attached hydrogen (secondary N) is 2. The first-order valence-electron chi connectivity index (χ1n) is 9.41. The average molecular weight is 464 g/mol. The van der Waals surface area contributed by atoms with E-state index in [1.807, 2.05) is 30.5 Å². The molecule has 1 aromatic heterocycles. The van der Waals surface area contributed by atoms with Gasteiger partial charge in [-0.3, -0.25) is 9.59 Å². The molecular weight excluding hydrogens is 442 g/mol. The van der Waals surface area contributed by atoms with Crippen LogP contribution in [0.15, 0.2) is 53.6 Å². The summed E-state index contributed by atoms with van der Waals surface area (Å²) < 4.78 is 30.7. The number of amides is 1. The summed E-state index contributed by atoms with van der Waals surface area (Å²) >= 11 is 5.99. The maximum Gasteiger partial charge on any atom is 0.306 e. The van der Waals surface area contributed by atoms with Gasteiger partial charge in [0.2, 0.25) is 10.0 Å². The number of hydrogen-bond donors (Lipinski definition) is 2. The number of halogens is 1. The Bertz CT molecular complexity index is 1220. The predicted octanol–water partition coefficient (Wildman–Crippen LogP) is 3.19. The molecule has 2 aromatic carbocycles. The molecule has 0 bridgehead atoms. The van der Waals surface area contributed by atoms with E-state index < -0.39 is 28.5 Å². The molecule has 0 atom stereocenters. The number of aromatic amines is 1.